The molecular weight excluding hydrogens is 184 g/mol. The number of β-amino-alcohol motifs (C(OH)–C–C–N with tert-alkyl or cyclic N) is 1. The Bertz CT molecular complexity index is 287. The van der Waals surface area contributed by atoms with Crippen LogP contribution in [0.25, 0.3) is 0 Å². The van der Waals surface area contributed by atoms with Crippen LogP contribution in [0.15, 0.2) is 6.20 Å². The molecule has 0 aromatic carbocycles. The average molecular weight is 198 g/mol. The highest BCUT2D eigenvalue weighted by molar-refractivity contribution is 7.11. The van der Waals surface area contributed by atoms with Crippen LogP contribution in [-0.2, 0) is 6.54 Å². The van der Waals surface area contributed by atoms with Crippen molar-refractivity contribution >= 4 is 11.3 Å². The zero-order valence-electron chi connectivity index (χ0n) is 7.73. The van der Waals surface area contributed by atoms with Gasteiger partial charge in [-0.1, -0.05) is 0 Å². The molecule has 1 N–H and O–H groups in total. The maximum atomic E-state index is 9.33. The molecule has 1 aliphatic heterocycles. The summed E-state index contributed by atoms with van der Waals surface area (Å²) in [6, 6.07) is 0. The highest BCUT2D eigenvalue weighted by atomic mass is 32.1. The number of hydrogen-bond acceptors (Lipinski definition) is 4. The van der Waals surface area contributed by atoms with Gasteiger partial charge in [0.15, 0.2) is 0 Å². The van der Waals surface area contributed by atoms with Crippen molar-refractivity contribution in [2.45, 2.75) is 26.0 Å². The van der Waals surface area contributed by atoms with E-state index in [0.29, 0.717) is 0 Å². The van der Waals surface area contributed by atoms with E-state index < -0.39 is 0 Å². The van der Waals surface area contributed by atoms with Gasteiger partial charge in [-0.3, -0.25) is 4.90 Å². The topological polar surface area (TPSA) is 36.4 Å². The van der Waals surface area contributed by atoms with Crippen LogP contribution >= 0.6 is 11.3 Å². The molecule has 1 aromatic rings. The Morgan fingerprint density at radius 2 is 2.62 bits per heavy atom. The lowest BCUT2D eigenvalue weighted by molar-refractivity contribution is 0.175. The smallest absolute Gasteiger partial charge is 0.0897 e. The predicted octanol–water partition coefficient (Wildman–Crippen LogP) is 1.02. The zero-order valence-corrected chi connectivity index (χ0v) is 8.55. The third kappa shape index (κ3) is 2.27. The van der Waals surface area contributed by atoms with Crippen molar-refractivity contribution < 1.29 is 5.11 Å². The molecule has 1 atom stereocenters. The third-order valence-corrected chi connectivity index (χ3v) is 3.19. The summed E-state index contributed by atoms with van der Waals surface area (Å²) in [7, 11) is 0. The van der Waals surface area contributed by atoms with Crippen molar-refractivity contribution in [1.29, 1.82) is 0 Å². The summed E-state index contributed by atoms with van der Waals surface area (Å²) in [6.45, 7) is 4.80. The first kappa shape index (κ1) is 9.12. The lowest BCUT2D eigenvalue weighted by Crippen LogP contribution is -2.20. The second kappa shape index (κ2) is 3.74. The van der Waals surface area contributed by atoms with E-state index in [1.165, 1.54) is 4.88 Å². The quantitative estimate of drug-likeness (QED) is 0.770. The lowest BCUT2D eigenvalue weighted by Gasteiger charge is -2.12. The molecule has 0 aliphatic carbocycles. The van der Waals surface area contributed by atoms with Crippen LogP contribution in [0.3, 0.4) is 0 Å². The first-order chi connectivity index (χ1) is 6.24. The second-order valence-electron chi connectivity index (χ2n) is 3.52. The van der Waals surface area contributed by atoms with Gasteiger partial charge in [-0.25, -0.2) is 4.98 Å². The summed E-state index contributed by atoms with van der Waals surface area (Å²) >= 11 is 1.74. The van der Waals surface area contributed by atoms with E-state index in [4.69, 9.17) is 0 Å². The van der Waals surface area contributed by atoms with E-state index in [1.54, 1.807) is 11.3 Å². The maximum Gasteiger partial charge on any atom is 0.0897 e. The van der Waals surface area contributed by atoms with Crippen LogP contribution in [0, 0.1) is 6.92 Å². The molecule has 0 amide bonds. The highest BCUT2D eigenvalue weighted by Crippen LogP contribution is 2.17. The number of thiazole rings is 1. The third-order valence-electron chi connectivity index (χ3n) is 2.30. The number of hydrogen-bond donors (Lipinski definition) is 1. The number of aliphatic hydroxyl groups excluding tert-OH is 1. The molecule has 0 spiro atoms. The molecule has 0 saturated carbocycles. The number of aryl methyl sites for hydroxylation is 1. The fourth-order valence-electron chi connectivity index (χ4n) is 1.65. The summed E-state index contributed by atoms with van der Waals surface area (Å²) in [6.07, 6.45) is 2.73. The minimum Gasteiger partial charge on any atom is -0.392 e. The van der Waals surface area contributed by atoms with Gasteiger partial charge in [-0.05, 0) is 13.3 Å². The van der Waals surface area contributed by atoms with Crippen LogP contribution in [0.1, 0.15) is 16.3 Å². The summed E-state index contributed by atoms with van der Waals surface area (Å²) < 4.78 is 0. The van der Waals surface area contributed by atoms with Crippen molar-refractivity contribution in [3.05, 3.63) is 16.1 Å². The molecule has 1 fully saturated rings. The molecule has 1 saturated heterocycles. The van der Waals surface area contributed by atoms with Gasteiger partial charge < -0.3 is 5.11 Å². The summed E-state index contributed by atoms with van der Waals surface area (Å²) in [5.41, 5.74) is 0. The van der Waals surface area contributed by atoms with E-state index in [0.717, 1.165) is 31.1 Å². The summed E-state index contributed by atoms with van der Waals surface area (Å²) in [5, 5.41) is 10.4. The van der Waals surface area contributed by atoms with Crippen LogP contribution in [-0.4, -0.2) is 34.2 Å². The number of aliphatic hydroxyl groups is 1. The summed E-state index contributed by atoms with van der Waals surface area (Å²) in [4.78, 5) is 7.78. The van der Waals surface area contributed by atoms with Gasteiger partial charge >= 0.3 is 0 Å². The first-order valence-corrected chi connectivity index (χ1v) is 5.37. The van der Waals surface area contributed by atoms with Gasteiger partial charge in [0.25, 0.3) is 0 Å². The number of rotatable bonds is 2. The van der Waals surface area contributed by atoms with Gasteiger partial charge in [0.2, 0.25) is 0 Å². The molecule has 2 rings (SSSR count). The monoisotopic (exact) mass is 198 g/mol. The minimum absolute atomic E-state index is 0.117. The van der Waals surface area contributed by atoms with Crippen LogP contribution in [0.2, 0.25) is 0 Å². The molecule has 72 valence electrons. The Labute approximate surface area is 82.0 Å². The van der Waals surface area contributed by atoms with Crippen LogP contribution in [0.4, 0.5) is 0 Å². The lowest BCUT2D eigenvalue weighted by atomic mass is 10.3. The van der Waals surface area contributed by atoms with Crippen molar-refractivity contribution in [3.8, 4) is 0 Å². The normalized spacial score (nSPS) is 24.0. The molecule has 2 heterocycles. The molecule has 3 nitrogen and oxygen atoms in total. The Morgan fingerprint density at radius 1 is 1.77 bits per heavy atom. The number of nitrogens with zero attached hydrogens (tertiary/aromatic N) is 2. The second-order valence-corrected chi connectivity index (χ2v) is 4.84. The molecule has 0 radical (unpaired) electrons. The van der Waals surface area contributed by atoms with Crippen molar-refractivity contribution in [1.82, 2.24) is 9.88 Å². The fraction of sp³-hybridized carbons (Fsp3) is 0.667. The van der Waals surface area contributed by atoms with Crippen molar-refractivity contribution in [3.63, 3.8) is 0 Å². The standard InChI is InChI=1S/C9H14N2OS/c1-7-10-4-9(13-7)6-11-3-2-8(12)5-11/h4,8,12H,2-3,5-6H2,1H3. The fourth-order valence-corrected chi connectivity index (χ4v) is 2.49. The first-order valence-electron chi connectivity index (χ1n) is 4.56. The molecule has 4 heteroatoms. The van der Waals surface area contributed by atoms with Crippen molar-refractivity contribution in [2.75, 3.05) is 13.1 Å². The maximum absolute atomic E-state index is 9.33. The Balaban J connectivity index is 1.91. The predicted molar refractivity (Wildman–Crippen MR) is 52.8 cm³/mol. The van der Waals surface area contributed by atoms with Gasteiger partial charge in [0.1, 0.15) is 0 Å². The van der Waals surface area contributed by atoms with E-state index in [2.05, 4.69) is 9.88 Å². The van der Waals surface area contributed by atoms with E-state index in [-0.39, 0.29) is 6.10 Å². The van der Waals surface area contributed by atoms with Gasteiger partial charge in [-0.15, -0.1) is 11.3 Å². The van der Waals surface area contributed by atoms with E-state index in [9.17, 15) is 5.11 Å². The van der Waals surface area contributed by atoms with Crippen LogP contribution < -0.4 is 0 Å². The Hall–Kier alpha value is -0.450. The van der Waals surface area contributed by atoms with Gasteiger partial charge in [0, 0.05) is 30.7 Å². The average Bonchev–Trinajstić information content (AvgIpc) is 2.62. The van der Waals surface area contributed by atoms with Gasteiger partial charge in [-0.2, -0.15) is 0 Å². The molecule has 13 heavy (non-hydrogen) atoms. The Kier molecular flexibility index (Phi) is 2.62. The van der Waals surface area contributed by atoms with Gasteiger partial charge in [0.05, 0.1) is 11.1 Å². The summed E-state index contributed by atoms with van der Waals surface area (Å²) in [5.74, 6) is 0. The number of likely N-dealkylation sites (tertiary alicyclic amines) is 1. The molecule has 1 aromatic heterocycles. The van der Waals surface area contributed by atoms with E-state index in [1.807, 2.05) is 13.1 Å². The molecule has 1 aliphatic rings. The minimum atomic E-state index is -0.117. The number of aromatic nitrogens is 1. The molecular formula is C9H14N2OS. The molecule has 0 bridgehead atoms. The van der Waals surface area contributed by atoms with Crippen LogP contribution in [0.5, 0.6) is 0 Å². The highest BCUT2D eigenvalue weighted by Gasteiger charge is 2.20. The van der Waals surface area contributed by atoms with E-state index >= 15 is 0 Å². The SMILES string of the molecule is Cc1ncc(CN2CCC(O)C2)s1. The van der Waals surface area contributed by atoms with Crippen molar-refractivity contribution in [2.24, 2.45) is 0 Å². The zero-order chi connectivity index (χ0) is 9.26. The Morgan fingerprint density at radius 3 is 3.15 bits per heavy atom. The molecule has 1 unspecified atom stereocenters. The largest absolute Gasteiger partial charge is 0.392 e.